The number of rotatable bonds is 6. The van der Waals surface area contributed by atoms with Gasteiger partial charge in [0.25, 0.3) is 0 Å². The first-order valence-electron chi connectivity index (χ1n) is 5.65. The average molecular weight is 201 g/mol. The highest BCUT2D eigenvalue weighted by molar-refractivity contribution is 7.99. The van der Waals surface area contributed by atoms with Gasteiger partial charge in [0, 0.05) is 6.04 Å². The molecule has 0 bridgehead atoms. The Labute approximate surface area is 87.1 Å². The first kappa shape index (κ1) is 11.4. The van der Waals surface area contributed by atoms with Crippen LogP contribution in [0.1, 0.15) is 39.5 Å². The highest BCUT2D eigenvalue weighted by Crippen LogP contribution is 2.24. The van der Waals surface area contributed by atoms with Crippen LogP contribution >= 0.6 is 11.8 Å². The Bertz CT molecular complexity index is 127. The van der Waals surface area contributed by atoms with Gasteiger partial charge < -0.3 is 5.32 Å². The van der Waals surface area contributed by atoms with Gasteiger partial charge in [0.2, 0.25) is 0 Å². The molecule has 2 heteroatoms. The number of nitrogens with one attached hydrogen (secondary N) is 1. The highest BCUT2D eigenvalue weighted by atomic mass is 32.2. The van der Waals surface area contributed by atoms with Crippen LogP contribution in [0, 0.1) is 5.92 Å². The van der Waals surface area contributed by atoms with E-state index in [1.807, 2.05) is 0 Å². The summed E-state index contributed by atoms with van der Waals surface area (Å²) >= 11 is 2.05. The minimum atomic E-state index is 0.826. The Balaban J connectivity index is 1.93. The molecule has 1 aliphatic rings. The normalized spacial score (nSPS) is 28.2. The van der Waals surface area contributed by atoms with Crippen LogP contribution in [-0.2, 0) is 0 Å². The molecule has 2 unspecified atom stereocenters. The predicted octanol–water partition coefficient (Wildman–Crippen LogP) is 2.91. The molecule has 0 aromatic rings. The summed E-state index contributed by atoms with van der Waals surface area (Å²) in [5, 5.41) is 3.68. The summed E-state index contributed by atoms with van der Waals surface area (Å²) in [6, 6.07) is 0.826. The van der Waals surface area contributed by atoms with Gasteiger partial charge in [0.1, 0.15) is 0 Å². The molecule has 1 aliphatic carbocycles. The lowest BCUT2D eigenvalue weighted by Crippen LogP contribution is -2.32. The fraction of sp³-hybridized carbons (Fsp3) is 1.00. The van der Waals surface area contributed by atoms with E-state index in [0.717, 1.165) is 12.0 Å². The van der Waals surface area contributed by atoms with Crippen molar-refractivity contribution in [3.8, 4) is 0 Å². The largest absolute Gasteiger partial charge is 0.314 e. The van der Waals surface area contributed by atoms with Crippen molar-refractivity contribution in [2.24, 2.45) is 5.92 Å². The van der Waals surface area contributed by atoms with Gasteiger partial charge in [-0.2, -0.15) is 11.8 Å². The first-order chi connectivity index (χ1) is 6.34. The Morgan fingerprint density at radius 3 is 2.85 bits per heavy atom. The average Bonchev–Trinajstić information content (AvgIpc) is 2.52. The van der Waals surface area contributed by atoms with Crippen molar-refractivity contribution in [1.29, 1.82) is 0 Å². The molecule has 1 N–H and O–H groups in total. The second-order valence-corrected chi connectivity index (χ2v) is 5.41. The summed E-state index contributed by atoms with van der Waals surface area (Å²) in [7, 11) is 0. The first-order valence-corrected chi connectivity index (χ1v) is 6.81. The molecule has 0 spiro atoms. The minimum absolute atomic E-state index is 0.826. The van der Waals surface area contributed by atoms with E-state index >= 15 is 0 Å². The lowest BCUT2D eigenvalue weighted by Gasteiger charge is -2.16. The van der Waals surface area contributed by atoms with Crippen molar-refractivity contribution < 1.29 is 0 Å². The van der Waals surface area contributed by atoms with E-state index in [2.05, 4.69) is 30.9 Å². The van der Waals surface area contributed by atoms with E-state index in [4.69, 9.17) is 0 Å². The second-order valence-electron chi connectivity index (χ2n) is 4.02. The molecule has 0 amide bonds. The Kier molecular flexibility index (Phi) is 5.88. The smallest absolute Gasteiger partial charge is 0.00926 e. The van der Waals surface area contributed by atoms with Crippen LogP contribution < -0.4 is 5.32 Å². The van der Waals surface area contributed by atoms with Crippen molar-refractivity contribution in [2.45, 2.75) is 45.6 Å². The summed E-state index contributed by atoms with van der Waals surface area (Å²) in [6.45, 7) is 5.84. The third kappa shape index (κ3) is 4.37. The van der Waals surface area contributed by atoms with E-state index in [-0.39, 0.29) is 0 Å². The van der Waals surface area contributed by atoms with Crippen molar-refractivity contribution in [1.82, 2.24) is 5.32 Å². The maximum atomic E-state index is 3.68. The van der Waals surface area contributed by atoms with Gasteiger partial charge in [-0.05, 0) is 43.2 Å². The van der Waals surface area contributed by atoms with E-state index < -0.39 is 0 Å². The molecular formula is C11H23NS. The van der Waals surface area contributed by atoms with Crippen LogP contribution in [0.25, 0.3) is 0 Å². The molecule has 0 saturated heterocycles. The summed E-state index contributed by atoms with van der Waals surface area (Å²) < 4.78 is 0. The summed E-state index contributed by atoms with van der Waals surface area (Å²) in [4.78, 5) is 0. The molecule has 2 atom stereocenters. The zero-order valence-electron chi connectivity index (χ0n) is 9.01. The van der Waals surface area contributed by atoms with Crippen LogP contribution in [0.5, 0.6) is 0 Å². The van der Waals surface area contributed by atoms with E-state index in [0.29, 0.717) is 0 Å². The molecule has 13 heavy (non-hydrogen) atoms. The summed E-state index contributed by atoms with van der Waals surface area (Å²) in [5.74, 6) is 3.50. The van der Waals surface area contributed by atoms with E-state index in [1.54, 1.807) is 0 Å². The van der Waals surface area contributed by atoms with Crippen LogP contribution in [0.4, 0.5) is 0 Å². The van der Waals surface area contributed by atoms with Gasteiger partial charge in [0.05, 0.1) is 0 Å². The molecule has 1 fully saturated rings. The molecule has 1 rings (SSSR count). The number of hydrogen-bond donors (Lipinski definition) is 1. The van der Waals surface area contributed by atoms with Gasteiger partial charge in [0.15, 0.2) is 0 Å². The van der Waals surface area contributed by atoms with Crippen molar-refractivity contribution >= 4 is 11.8 Å². The lowest BCUT2D eigenvalue weighted by molar-refractivity contribution is 0.428. The van der Waals surface area contributed by atoms with Crippen LogP contribution in [0.15, 0.2) is 0 Å². The quantitative estimate of drug-likeness (QED) is 0.663. The number of hydrogen-bond acceptors (Lipinski definition) is 2. The van der Waals surface area contributed by atoms with Gasteiger partial charge in [-0.3, -0.25) is 0 Å². The standard InChI is InChI=1S/C11H23NS/c1-3-13-9-5-8-12-11-7-4-6-10(11)2/h10-12H,3-9H2,1-2H3. The van der Waals surface area contributed by atoms with Crippen LogP contribution in [-0.4, -0.2) is 24.1 Å². The van der Waals surface area contributed by atoms with Crippen molar-refractivity contribution in [2.75, 3.05) is 18.1 Å². The second kappa shape index (κ2) is 6.72. The molecule has 0 aromatic carbocycles. The molecule has 0 heterocycles. The Hall–Kier alpha value is 0.310. The monoisotopic (exact) mass is 201 g/mol. The van der Waals surface area contributed by atoms with Gasteiger partial charge in [-0.1, -0.05) is 20.3 Å². The predicted molar refractivity (Wildman–Crippen MR) is 62.4 cm³/mol. The van der Waals surface area contributed by atoms with E-state index in [1.165, 1.54) is 43.7 Å². The third-order valence-corrected chi connectivity index (χ3v) is 3.92. The highest BCUT2D eigenvalue weighted by Gasteiger charge is 2.21. The third-order valence-electron chi connectivity index (χ3n) is 2.94. The van der Waals surface area contributed by atoms with Gasteiger partial charge in [-0.25, -0.2) is 0 Å². The molecule has 1 saturated carbocycles. The summed E-state index contributed by atoms with van der Waals surface area (Å²) in [5.41, 5.74) is 0. The van der Waals surface area contributed by atoms with Gasteiger partial charge >= 0.3 is 0 Å². The molecule has 0 radical (unpaired) electrons. The Morgan fingerprint density at radius 2 is 2.23 bits per heavy atom. The molecular weight excluding hydrogens is 178 g/mol. The summed E-state index contributed by atoms with van der Waals surface area (Å²) in [6.07, 6.45) is 5.60. The van der Waals surface area contributed by atoms with E-state index in [9.17, 15) is 0 Å². The molecule has 0 aliphatic heterocycles. The lowest BCUT2D eigenvalue weighted by atomic mass is 10.1. The number of thioether (sulfide) groups is 1. The Morgan fingerprint density at radius 1 is 1.38 bits per heavy atom. The van der Waals surface area contributed by atoms with Crippen LogP contribution in [0.3, 0.4) is 0 Å². The fourth-order valence-corrected chi connectivity index (χ4v) is 2.69. The SMILES string of the molecule is CCSCCCNC1CCCC1C. The minimum Gasteiger partial charge on any atom is -0.314 e. The maximum absolute atomic E-state index is 3.68. The van der Waals surface area contributed by atoms with Crippen LogP contribution in [0.2, 0.25) is 0 Å². The fourth-order valence-electron chi connectivity index (χ4n) is 2.05. The van der Waals surface area contributed by atoms with Crippen molar-refractivity contribution in [3.63, 3.8) is 0 Å². The molecule has 78 valence electrons. The molecule has 0 aromatic heterocycles. The van der Waals surface area contributed by atoms with Crippen molar-refractivity contribution in [3.05, 3.63) is 0 Å². The van der Waals surface area contributed by atoms with Gasteiger partial charge in [-0.15, -0.1) is 0 Å². The maximum Gasteiger partial charge on any atom is 0.00926 e. The topological polar surface area (TPSA) is 12.0 Å². The molecule has 1 nitrogen and oxygen atoms in total. The zero-order valence-corrected chi connectivity index (χ0v) is 9.83. The zero-order chi connectivity index (χ0) is 9.52.